The maximum absolute atomic E-state index is 11.1. The monoisotopic (exact) mass is 99.1 g/mol. The predicted molar refractivity (Wildman–Crippen MR) is 29.4 cm³/mol. The molecule has 0 N–H and O–H groups in total. The minimum atomic E-state index is 0.503. The van der Waals surface area contributed by atoms with Gasteiger partial charge in [0.05, 0.1) is 6.33 Å². The van der Waals surface area contributed by atoms with Gasteiger partial charge in [0.2, 0.25) is 0 Å². The van der Waals surface area contributed by atoms with E-state index in [1.165, 1.54) is 6.08 Å². The lowest BCUT2D eigenvalue weighted by atomic mass is 10.3. The zero-order valence-electron chi connectivity index (χ0n) is 4.10. The molecule has 0 nitrogen and oxygen atoms in total. The van der Waals surface area contributed by atoms with Gasteiger partial charge >= 0.3 is 0 Å². The Hall–Kier alpha value is -0.590. The Balaban J connectivity index is 2.82. The first-order valence-corrected chi connectivity index (χ1v) is 2.11. The summed E-state index contributed by atoms with van der Waals surface area (Å²) in [6, 6.07) is 0. The Kier molecular flexibility index (Phi) is 4.95. The van der Waals surface area contributed by atoms with Gasteiger partial charge in [-0.2, -0.15) is 0 Å². The second kappa shape index (κ2) is 5.41. The lowest BCUT2D eigenvalue weighted by Crippen LogP contribution is -1.60. The maximum Gasteiger partial charge on any atom is 0.0830 e. The molecule has 0 unspecified atom stereocenters. The Labute approximate surface area is 43.4 Å². The predicted octanol–water partition coefficient (Wildman–Crippen LogP) is 2.25. The van der Waals surface area contributed by atoms with Gasteiger partial charge < -0.3 is 0 Å². The molecule has 0 fully saturated rings. The van der Waals surface area contributed by atoms with E-state index >= 15 is 0 Å². The standard InChI is InChI=1S/C6H8F/c1-2-3-4-5-6-7/h2,4-6H,1,3H2. The molecule has 0 aromatic carbocycles. The lowest BCUT2D eigenvalue weighted by Gasteiger charge is -1.77. The first-order chi connectivity index (χ1) is 3.41. The Morgan fingerprint density at radius 1 is 1.57 bits per heavy atom. The molecule has 0 spiro atoms. The third-order valence-corrected chi connectivity index (χ3v) is 0.512. The molecule has 0 heterocycles. The van der Waals surface area contributed by atoms with Gasteiger partial charge in [-0.3, -0.25) is 0 Å². The fraction of sp³-hybridized carbons (Fsp3) is 0.167. The molecule has 0 amide bonds. The summed E-state index contributed by atoms with van der Waals surface area (Å²) in [7, 11) is 0. The van der Waals surface area contributed by atoms with Crippen molar-refractivity contribution in [3.8, 4) is 0 Å². The average Bonchev–Trinajstić information content (AvgIpc) is 1.69. The van der Waals surface area contributed by atoms with Crippen molar-refractivity contribution in [2.24, 2.45) is 0 Å². The van der Waals surface area contributed by atoms with Gasteiger partial charge in [-0.1, -0.05) is 12.2 Å². The minimum absolute atomic E-state index is 0.503. The molecule has 1 radical (unpaired) electrons. The second-order valence-electron chi connectivity index (χ2n) is 1.08. The normalized spacial score (nSPS) is 9.86. The van der Waals surface area contributed by atoms with Crippen LogP contribution in [0, 0.1) is 6.42 Å². The van der Waals surface area contributed by atoms with Gasteiger partial charge in [0.15, 0.2) is 0 Å². The van der Waals surface area contributed by atoms with Crippen LogP contribution in [0.15, 0.2) is 25.1 Å². The summed E-state index contributed by atoms with van der Waals surface area (Å²) >= 11 is 0. The number of rotatable bonds is 3. The van der Waals surface area contributed by atoms with E-state index in [1.807, 2.05) is 0 Å². The molecule has 0 bridgehead atoms. The Morgan fingerprint density at radius 2 is 2.29 bits per heavy atom. The molecule has 0 rings (SSSR count). The third-order valence-electron chi connectivity index (χ3n) is 0.512. The number of hydrogen-bond donors (Lipinski definition) is 0. The topological polar surface area (TPSA) is 0 Å². The van der Waals surface area contributed by atoms with Crippen LogP contribution in [-0.2, 0) is 0 Å². The van der Waals surface area contributed by atoms with Crippen LogP contribution in [0.3, 0.4) is 0 Å². The molecule has 0 aliphatic heterocycles. The zero-order valence-corrected chi connectivity index (χ0v) is 4.10. The first kappa shape index (κ1) is 6.41. The van der Waals surface area contributed by atoms with Gasteiger partial charge in [-0.05, 0) is 12.8 Å². The fourth-order valence-corrected chi connectivity index (χ4v) is 0.226. The van der Waals surface area contributed by atoms with Crippen molar-refractivity contribution in [2.75, 3.05) is 0 Å². The zero-order chi connectivity index (χ0) is 5.54. The molecule has 0 aromatic rings. The molecular formula is C6H8F. The molecule has 1 heteroatoms. The van der Waals surface area contributed by atoms with E-state index in [2.05, 4.69) is 6.58 Å². The van der Waals surface area contributed by atoms with Crippen LogP contribution in [0.5, 0.6) is 0 Å². The highest BCUT2D eigenvalue weighted by atomic mass is 19.1. The SMILES string of the molecule is C=CC[CH]C=CF. The maximum atomic E-state index is 11.1. The second-order valence-corrected chi connectivity index (χ2v) is 1.08. The molecule has 0 saturated carbocycles. The third kappa shape index (κ3) is 5.41. The first-order valence-electron chi connectivity index (χ1n) is 2.11. The van der Waals surface area contributed by atoms with Crippen LogP contribution in [0.25, 0.3) is 0 Å². The van der Waals surface area contributed by atoms with Crippen molar-refractivity contribution in [1.29, 1.82) is 0 Å². The molecule has 39 valence electrons. The minimum Gasteiger partial charge on any atom is -0.216 e. The molecule has 0 aromatic heterocycles. The van der Waals surface area contributed by atoms with Crippen LogP contribution in [0.1, 0.15) is 6.42 Å². The number of hydrogen-bond acceptors (Lipinski definition) is 0. The van der Waals surface area contributed by atoms with Crippen LogP contribution < -0.4 is 0 Å². The number of unbranched alkanes of at least 4 members (excludes halogenated alkanes) is 1. The highest BCUT2D eigenvalue weighted by Gasteiger charge is 1.70. The molecule has 0 aliphatic rings. The summed E-state index contributed by atoms with van der Waals surface area (Å²) in [4.78, 5) is 0. The number of halogens is 1. The Morgan fingerprint density at radius 3 is 2.71 bits per heavy atom. The summed E-state index contributed by atoms with van der Waals surface area (Å²) in [5.74, 6) is 0. The van der Waals surface area contributed by atoms with Gasteiger partial charge in [-0.25, -0.2) is 4.39 Å². The molecule has 7 heavy (non-hydrogen) atoms. The van der Waals surface area contributed by atoms with E-state index in [0.29, 0.717) is 6.33 Å². The van der Waals surface area contributed by atoms with Gasteiger partial charge in [0.1, 0.15) is 0 Å². The fourth-order valence-electron chi connectivity index (χ4n) is 0.226. The van der Waals surface area contributed by atoms with Gasteiger partial charge in [0, 0.05) is 0 Å². The molecule has 0 atom stereocenters. The highest BCUT2D eigenvalue weighted by Crippen LogP contribution is 1.87. The van der Waals surface area contributed by atoms with E-state index in [9.17, 15) is 4.39 Å². The summed E-state index contributed by atoms with van der Waals surface area (Å²) < 4.78 is 11.1. The average molecular weight is 99.1 g/mol. The largest absolute Gasteiger partial charge is 0.216 e. The van der Waals surface area contributed by atoms with Gasteiger partial charge in [-0.15, -0.1) is 6.58 Å². The van der Waals surface area contributed by atoms with Crippen LogP contribution in [-0.4, -0.2) is 0 Å². The van der Waals surface area contributed by atoms with E-state index in [4.69, 9.17) is 0 Å². The van der Waals surface area contributed by atoms with Crippen molar-refractivity contribution in [1.82, 2.24) is 0 Å². The van der Waals surface area contributed by atoms with Crippen LogP contribution in [0.4, 0.5) is 4.39 Å². The molecule has 0 aliphatic carbocycles. The quantitative estimate of drug-likeness (QED) is 0.376. The van der Waals surface area contributed by atoms with Crippen molar-refractivity contribution in [3.63, 3.8) is 0 Å². The summed E-state index contributed by atoms with van der Waals surface area (Å²) in [5, 5.41) is 0. The van der Waals surface area contributed by atoms with Gasteiger partial charge in [0.25, 0.3) is 0 Å². The van der Waals surface area contributed by atoms with Crippen molar-refractivity contribution < 1.29 is 4.39 Å². The summed E-state index contributed by atoms with van der Waals surface area (Å²) in [6.07, 6.45) is 5.98. The van der Waals surface area contributed by atoms with E-state index < -0.39 is 0 Å². The van der Waals surface area contributed by atoms with E-state index in [1.54, 1.807) is 12.5 Å². The summed E-state index contributed by atoms with van der Waals surface area (Å²) in [6.45, 7) is 3.44. The molecular weight excluding hydrogens is 91.1 g/mol. The van der Waals surface area contributed by atoms with E-state index in [0.717, 1.165) is 6.42 Å². The molecule has 0 saturated heterocycles. The lowest BCUT2D eigenvalue weighted by molar-refractivity contribution is 0.719. The van der Waals surface area contributed by atoms with Crippen LogP contribution >= 0.6 is 0 Å². The van der Waals surface area contributed by atoms with Crippen molar-refractivity contribution in [2.45, 2.75) is 6.42 Å². The van der Waals surface area contributed by atoms with Crippen molar-refractivity contribution >= 4 is 0 Å². The highest BCUT2D eigenvalue weighted by molar-refractivity contribution is 4.93. The summed E-state index contributed by atoms with van der Waals surface area (Å²) in [5.41, 5.74) is 0. The number of allylic oxidation sites excluding steroid dienone is 2. The van der Waals surface area contributed by atoms with Crippen molar-refractivity contribution in [3.05, 3.63) is 31.5 Å². The Bertz CT molecular complexity index is 64.6. The van der Waals surface area contributed by atoms with E-state index in [-0.39, 0.29) is 0 Å². The smallest absolute Gasteiger partial charge is 0.0830 e. The van der Waals surface area contributed by atoms with Crippen LogP contribution in [0.2, 0.25) is 0 Å².